The number of fused-ring (bicyclic) bond motifs is 4. The van der Waals surface area contributed by atoms with Gasteiger partial charge in [0.15, 0.2) is 5.84 Å². The van der Waals surface area contributed by atoms with Gasteiger partial charge in [0.1, 0.15) is 6.04 Å². The predicted molar refractivity (Wildman–Crippen MR) is 88.0 cm³/mol. The van der Waals surface area contributed by atoms with Crippen molar-refractivity contribution >= 4 is 23.8 Å². The van der Waals surface area contributed by atoms with Gasteiger partial charge in [-0.2, -0.15) is 5.10 Å². The Morgan fingerprint density at radius 2 is 2.15 bits per heavy atom. The van der Waals surface area contributed by atoms with E-state index in [-0.39, 0.29) is 30.8 Å². The molecule has 2 N–H and O–H groups in total. The van der Waals surface area contributed by atoms with Gasteiger partial charge in [-0.05, 0) is 0 Å². The fraction of sp³-hybridized carbons (Fsp3) is 0.533. The summed E-state index contributed by atoms with van der Waals surface area (Å²) >= 11 is 0. The Balaban J connectivity index is 1.82. The van der Waals surface area contributed by atoms with Crippen LogP contribution in [0.2, 0.25) is 0 Å². The van der Waals surface area contributed by atoms with E-state index in [0.29, 0.717) is 6.54 Å². The Morgan fingerprint density at radius 3 is 2.81 bits per heavy atom. The van der Waals surface area contributed by atoms with Gasteiger partial charge in [0.05, 0.1) is 30.8 Å². The number of likely N-dealkylation sites (N-methyl/N-ethyl adjacent to an activating group) is 1. The lowest BCUT2D eigenvalue weighted by Gasteiger charge is -2.32. The summed E-state index contributed by atoms with van der Waals surface area (Å²) in [5, 5.41) is 12.9. The Kier molecular flexibility index (Phi) is 4.53. The van der Waals surface area contributed by atoms with Crippen LogP contribution in [0.3, 0.4) is 0 Å². The Hall–Kier alpha value is -3.11. The number of carbonyl (C=O) groups excluding carboxylic acids is 2. The number of aliphatic imine (C=N–C) groups is 1. The number of aryl methyl sites for hydroxylation is 1. The molecule has 140 valence electrons. The molecular formula is C15H20N6O5. The quantitative estimate of drug-likeness (QED) is 0.431. The number of rotatable bonds is 4. The number of aromatic nitrogens is 2. The maximum atomic E-state index is 12.6. The van der Waals surface area contributed by atoms with Crippen molar-refractivity contribution < 1.29 is 24.3 Å². The van der Waals surface area contributed by atoms with Gasteiger partial charge in [-0.25, -0.2) is 15.1 Å². The minimum absolute atomic E-state index is 0.0846. The van der Waals surface area contributed by atoms with E-state index in [1.54, 1.807) is 34.8 Å². The number of nitrogens with one attached hydrogen (secondary N) is 1. The highest BCUT2D eigenvalue weighted by Gasteiger charge is 2.49. The molecule has 2 aliphatic rings. The molecule has 0 aliphatic carbocycles. The molecule has 0 saturated carbocycles. The minimum Gasteiger partial charge on any atom is -0.481 e. The van der Waals surface area contributed by atoms with E-state index < -0.39 is 18.0 Å². The SMILES string of the molecule is CN=C(NOC(=O)CCC(=O)O)[C@@H]1c2c(cnn2C)[C@@H]2CN1C(=O)N2C. The zero-order valence-corrected chi connectivity index (χ0v) is 14.7. The monoisotopic (exact) mass is 364 g/mol. The number of aliphatic carboxylic acids is 1. The first-order valence-electron chi connectivity index (χ1n) is 8.04. The van der Waals surface area contributed by atoms with Crippen LogP contribution in [0.1, 0.15) is 36.2 Å². The van der Waals surface area contributed by atoms with E-state index >= 15 is 0 Å². The van der Waals surface area contributed by atoms with Crippen molar-refractivity contribution in [2.75, 3.05) is 20.6 Å². The molecule has 3 heterocycles. The van der Waals surface area contributed by atoms with E-state index in [0.717, 1.165) is 11.3 Å². The average molecular weight is 364 g/mol. The van der Waals surface area contributed by atoms with Gasteiger partial charge >= 0.3 is 18.0 Å². The second-order valence-electron chi connectivity index (χ2n) is 6.15. The van der Waals surface area contributed by atoms with E-state index in [1.807, 2.05) is 0 Å². The standard InChI is InChI=1S/C15H20N6O5/c1-16-14(18-26-11(24)5-4-10(22)23)13-12-8(6-17-20(12)3)9-7-21(13)15(25)19(9)2/h6,9,13H,4-5,7H2,1-3H3,(H,16,18)(H,22,23)/t9-,13-/m0/s1. The van der Waals surface area contributed by atoms with E-state index in [1.165, 1.54) is 7.05 Å². The molecule has 2 bridgehead atoms. The highest BCUT2D eigenvalue weighted by Crippen LogP contribution is 2.42. The highest BCUT2D eigenvalue weighted by atomic mass is 16.7. The largest absolute Gasteiger partial charge is 0.481 e. The maximum absolute atomic E-state index is 12.6. The molecule has 3 rings (SSSR count). The third kappa shape index (κ3) is 2.85. The lowest BCUT2D eigenvalue weighted by atomic mass is 9.97. The van der Waals surface area contributed by atoms with Gasteiger partial charge in [-0.3, -0.25) is 14.5 Å². The molecule has 0 aromatic carbocycles. The molecule has 11 nitrogen and oxygen atoms in total. The first-order chi connectivity index (χ1) is 12.3. The number of amidine groups is 1. The number of nitrogens with zero attached hydrogens (tertiary/aromatic N) is 5. The van der Waals surface area contributed by atoms with Gasteiger partial charge in [-0.1, -0.05) is 0 Å². The summed E-state index contributed by atoms with van der Waals surface area (Å²) in [4.78, 5) is 47.1. The van der Waals surface area contributed by atoms with Crippen LogP contribution in [0.4, 0.5) is 4.79 Å². The lowest BCUT2D eigenvalue weighted by molar-refractivity contribution is -0.151. The maximum Gasteiger partial charge on any atom is 0.332 e. The number of amides is 2. The van der Waals surface area contributed by atoms with Crippen molar-refractivity contribution in [2.24, 2.45) is 12.0 Å². The number of carboxylic acid groups (broad SMARTS) is 1. The molecule has 0 radical (unpaired) electrons. The predicted octanol–water partition coefficient (Wildman–Crippen LogP) is -0.176. The third-order valence-corrected chi connectivity index (χ3v) is 4.64. The van der Waals surface area contributed by atoms with Gasteiger partial charge in [0, 0.05) is 33.3 Å². The molecule has 1 fully saturated rings. The fourth-order valence-corrected chi connectivity index (χ4v) is 3.32. The van der Waals surface area contributed by atoms with Crippen molar-refractivity contribution in [3.63, 3.8) is 0 Å². The second-order valence-corrected chi connectivity index (χ2v) is 6.15. The summed E-state index contributed by atoms with van der Waals surface area (Å²) in [6.45, 7) is 0.479. The molecule has 0 unspecified atom stereocenters. The van der Waals surface area contributed by atoms with Crippen LogP contribution in [-0.4, -0.2) is 69.1 Å². The van der Waals surface area contributed by atoms with Gasteiger partial charge < -0.3 is 19.7 Å². The summed E-state index contributed by atoms with van der Waals surface area (Å²) in [7, 11) is 5.02. The van der Waals surface area contributed by atoms with Gasteiger partial charge in [0.25, 0.3) is 0 Å². The Morgan fingerprint density at radius 1 is 1.42 bits per heavy atom. The summed E-state index contributed by atoms with van der Waals surface area (Å²) in [5.41, 5.74) is 4.20. The molecule has 0 spiro atoms. The van der Waals surface area contributed by atoms with Gasteiger partial charge in [-0.15, -0.1) is 0 Å². The number of carboxylic acids is 1. The Labute approximate surface area is 149 Å². The smallest absolute Gasteiger partial charge is 0.332 e. The highest BCUT2D eigenvalue weighted by molar-refractivity contribution is 5.94. The molecule has 2 amide bonds. The van der Waals surface area contributed by atoms with E-state index in [9.17, 15) is 14.4 Å². The van der Waals surface area contributed by atoms with Crippen LogP contribution in [-0.2, 0) is 21.5 Å². The molecule has 11 heteroatoms. The van der Waals surface area contributed by atoms with E-state index in [4.69, 9.17) is 9.94 Å². The topological polar surface area (TPSA) is 129 Å². The van der Waals surface area contributed by atoms with Crippen molar-refractivity contribution in [1.82, 2.24) is 25.1 Å². The fourth-order valence-electron chi connectivity index (χ4n) is 3.32. The summed E-state index contributed by atoms with van der Waals surface area (Å²) < 4.78 is 1.67. The molecule has 1 aromatic heterocycles. The zero-order chi connectivity index (χ0) is 19.0. The number of carbonyl (C=O) groups is 3. The van der Waals surface area contributed by atoms with Crippen LogP contribution < -0.4 is 5.48 Å². The van der Waals surface area contributed by atoms with E-state index in [2.05, 4.69) is 15.6 Å². The minimum atomic E-state index is -1.09. The lowest BCUT2D eigenvalue weighted by Crippen LogP contribution is -2.45. The first-order valence-corrected chi connectivity index (χ1v) is 8.04. The van der Waals surface area contributed by atoms with Crippen LogP contribution >= 0.6 is 0 Å². The van der Waals surface area contributed by atoms with Crippen LogP contribution in [0.25, 0.3) is 0 Å². The van der Waals surface area contributed by atoms with Gasteiger partial charge in [0.2, 0.25) is 0 Å². The average Bonchev–Trinajstić information content (AvgIpc) is 3.10. The van der Waals surface area contributed by atoms with Crippen molar-refractivity contribution in [3.05, 3.63) is 17.5 Å². The number of hydrogen-bond donors (Lipinski definition) is 2. The number of hydrogen-bond acceptors (Lipinski definition) is 6. The Bertz CT molecular complexity index is 787. The molecule has 2 atom stereocenters. The molecule has 1 saturated heterocycles. The summed E-state index contributed by atoms with van der Waals surface area (Å²) in [6.07, 6.45) is 1.13. The normalized spacial score (nSPS) is 21.7. The third-order valence-electron chi connectivity index (χ3n) is 4.64. The van der Waals surface area contributed by atoms with Crippen molar-refractivity contribution in [1.29, 1.82) is 0 Å². The summed E-state index contributed by atoms with van der Waals surface area (Å²) in [5.74, 6) is -1.55. The van der Waals surface area contributed by atoms with Crippen molar-refractivity contribution in [2.45, 2.75) is 24.9 Å². The molecule has 2 aliphatic heterocycles. The molecule has 26 heavy (non-hydrogen) atoms. The zero-order valence-electron chi connectivity index (χ0n) is 14.7. The number of urea groups is 1. The second kappa shape index (κ2) is 6.65. The van der Waals surface area contributed by atoms with Crippen LogP contribution in [0, 0.1) is 0 Å². The molecular weight excluding hydrogens is 344 g/mol. The van der Waals surface area contributed by atoms with Crippen LogP contribution in [0.15, 0.2) is 11.2 Å². The number of hydroxylamine groups is 1. The summed E-state index contributed by atoms with van der Waals surface area (Å²) in [6, 6.07) is -0.821. The van der Waals surface area contributed by atoms with Crippen molar-refractivity contribution in [3.8, 4) is 0 Å². The first kappa shape index (κ1) is 17.7. The molecule has 1 aromatic rings. The van der Waals surface area contributed by atoms with Crippen LogP contribution in [0.5, 0.6) is 0 Å².